The maximum Gasteiger partial charge on any atom is 0.308 e. The lowest BCUT2D eigenvalue weighted by atomic mass is 9.87. The summed E-state index contributed by atoms with van der Waals surface area (Å²) < 4.78 is 0. The van der Waals surface area contributed by atoms with Crippen LogP contribution in [0.25, 0.3) is 0 Å². The molecule has 17 heavy (non-hydrogen) atoms. The normalized spacial score (nSPS) is 24.6. The summed E-state index contributed by atoms with van der Waals surface area (Å²) in [6.07, 6.45) is 7.48. The van der Waals surface area contributed by atoms with Crippen LogP contribution in [-0.4, -0.2) is 33.6 Å². The summed E-state index contributed by atoms with van der Waals surface area (Å²) >= 11 is 0. The van der Waals surface area contributed by atoms with E-state index in [0.717, 1.165) is 31.5 Å². The molecule has 0 unspecified atom stereocenters. The number of hydrogen-bond donors (Lipinski definition) is 1. The predicted molar refractivity (Wildman–Crippen MR) is 63.8 cm³/mol. The van der Waals surface area contributed by atoms with Gasteiger partial charge in [-0.25, -0.2) is 9.97 Å². The number of carboxylic acid groups (broad SMARTS) is 1. The van der Waals surface area contributed by atoms with Crippen LogP contribution in [0.5, 0.6) is 0 Å². The zero-order valence-corrected chi connectivity index (χ0v) is 9.91. The quantitative estimate of drug-likeness (QED) is 0.861. The third-order valence-corrected chi connectivity index (χ3v) is 3.39. The molecule has 1 aliphatic rings. The van der Waals surface area contributed by atoms with Crippen molar-refractivity contribution in [3.8, 4) is 0 Å². The molecular weight excluding hydrogens is 218 g/mol. The van der Waals surface area contributed by atoms with E-state index in [1.165, 1.54) is 6.33 Å². The van der Waals surface area contributed by atoms with Crippen molar-refractivity contribution in [2.75, 3.05) is 11.4 Å². The van der Waals surface area contributed by atoms with Gasteiger partial charge in [-0.2, -0.15) is 0 Å². The van der Waals surface area contributed by atoms with E-state index in [0.29, 0.717) is 0 Å². The van der Waals surface area contributed by atoms with Crippen molar-refractivity contribution in [1.82, 2.24) is 9.97 Å². The SMILES string of the molecule is CC[C@@H]1[C@@H](C(=O)O)CCCN1c1cncnc1. The van der Waals surface area contributed by atoms with Gasteiger partial charge in [0, 0.05) is 12.6 Å². The van der Waals surface area contributed by atoms with Crippen LogP contribution < -0.4 is 4.90 Å². The molecule has 1 saturated heterocycles. The topological polar surface area (TPSA) is 66.3 Å². The fourth-order valence-electron chi connectivity index (χ4n) is 2.61. The van der Waals surface area contributed by atoms with E-state index >= 15 is 0 Å². The van der Waals surface area contributed by atoms with Gasteiger partial charge in [-0.05, 0) is 19.3 Å². The number of piperidine rings is 1. The molecular formula is C12H17N3O2. The minimum Gasteiger partial charge on any atom is -0.481 e. The van der Waals surface area contributed by atoms with E-state index in [2.05, 4.69) is 14.9 Å². The molecule has 0 bridgehead atoms. The van der Waals surface area contributed by atoms with Crippen molar-refractivity contribution in [2.45, 2.75) is 32.2 Å². The van der Waals surface area contributed by atoms with Gasteiger partial charge in [0.15, 0.2) is 0 Å². The van der Waals surface area contributed by atoms with Crippen molar-refractivity contribution in [1.29, 1.82) is 0 Å². The Morgan fingerprint density at radius 1 is 1.53 bits per heavy atom. The van der Waals surface area contributed by atoms with Crippen molar-refractivity contribution in [3.05, 3.63) is 18.7 Å². The Morgan fingerprint density at radius 3 is 2.82 bits per heavy atom. The van der Waals surface area contributed by atoms with E-state index in [1.54, 1.807) is 12.4 Å². The molecule has 2 rings (SSSR count). The molecule has 1 aromatic rings. The first-order valence-electron chi connectivity index (χ1n) is 5.98. The molecule has 2 heterocycles. The molecule has 0 radical (unpaired) electrons. The van der Waals surface area contributed by atoms with Crippen molar-refractivity contribution >= 4 is 11.7 Å². The minimum absolute atomic E-state index is 0.0484. The highest BCUT2D eigenvalue weighted by Crippen LogP contribution is 2.29. The first-order valence-corrected chi connectivity index (χ1v) is 5.98. The fraction of sp³-hybridized carbons (Fsp3) is 0.583. The molecule has 5 nitrogen and oxygen atoms in total. The van der Waals surface area contributed by atoms with E-state index in [4.69, 9.17) is 0 Å². The summed E-state index contributed by atoms with van der Waals surface area (Å²) in [4.78, 5) is 21.4. The molecule has 1 N–H and O–H groups in total. The van der Waals surface area contributed by atoms with Gasteiger partial charge in [0.2, 0.25) is 0 Å². The van der Waals surface area contributed by atoms with E-state index < -0.39 is 5.97 Å². The van der Waals surface area contributed by atoms with Gasteiger partial charge in [0.25, 0.3) is 0 Å². The van der Waals surface area contributed by atoms with E-state index in [-0.39, 0.29) is 12.0 Å². The highest BCUT2D eigenvalue weighted by molar-refractivity contribution is 5.72. The minimum atomic E-state index is -0.696. The lowest BCUT2D eigenvalue weighted by molar-refractivity contribution is -0.143. The molecule has 2 atom stereocenters. The fourth-order valence-corrected chi connectivity index (χ4v) is 2.61. The number of hydrogen-bond acceptors (Lipinski definition) is 4. The number of carboxylic acids is 1. The molecule has 1 fully saturated rings. The number of carbonyl (C=O) groups is 1. The molecule has 1 aromatic heterocycles. The molecule has 92 valence electrons. The molecule has 0 aliphatic carbocycles. The zero-order valence-electron chi connectivity index (χ0n) is 9.91. The smallest absolute Gasteiger partial charge is 0.308 e. The first-order chi connectivity index (χ1) is 8.24. The van der Waals surface area contributed by atoms with Crippen LogP contribution in [0.2, 0.25) is 0 Å². The average molecular weight is 235 g/mol. The zero-order chi connectivity index (χ0) is 12.3. The van der Waals surface area contributed by atoms with Crippen molar-refractivity contribution < 1.29 is 9.90 Å². The van der Waals surface area contributed by atoms with Gasteiger partial charge in [0.05, 0.1) is 24.0 Å². The van der Waals surface area contributed by atoms with Gasteiger partial charge in [-0.1, -0.05) is 6.92 Å². The Bertz CT molecular complexity index is 383. The van der Waals surface area contributed by atoms with Gasteiger partial charge in [0.1, 0.15) is 6.33 Å². The summed E-state index contributed by atoms with van der Waals surface area (Å²) in [7, 11) is 0. The molecule has 0 amide bonds. The molecule has 0 spiro atoms. The standard InChI is InChI=1S/C12H17N3O2/c1-2-11-10(12(16)17)4-3-5-15(11)9-6-13-8-14-7-9/h6-8,10-11H,2-5H2,1H3,(H,16,17)/t10-,11+/m0/s1. The van der Waals surface area contributed by atoms with Crippen LogP contribution in [0.4, 0.5) is 5.69 Å². The Labute approximate surface area is 100 Å². The second-order valence-electron chi connectivity index (χ2n) is 4.35. The summed E-state index contributed by atoms with van der Waals surface area (Å²) in [6.45, 7) is 2.92. The lowest BCUT2D eigenvalue weighted by Gasteiger charge is -2.40. The van der Waals surface area contributed by atoms with E-state index in [1.807, 2.05) is 6.92 Å². The predicted octanol–water partition coefficient (Wildman–Crippen LogP) is 1.56. The van der Waals surface area contributed by atoms with Gasteiger partial charge >= 0.3 is 5.97 Å². The maximum absolute atomic E-state index is 11.2. The van der Waals surface area contributed by atoms with Crippen molar-refractivity contribution in [2.24, 2.45) is 5.92 Å². The maximum atomic E-state index is 11.2. The molecule has 0 aromatic carbocycles. The Kier molecular flexibility index (Phi) is 3.56. The molecule has 5 heteroatoms. The van der Waals surface area contributed by atoms with Gasteiger partial charge in [-0.15, -0.1) is 0 Å². The average Bonchev–Trinajstić information content (AvgIpc) is 2.38. The van der Waals surface area contributed by atoms with E-state index in [9.17, 15) is 9.90 Å². The number of nitrogens with zero attached hydrogens (tertiary/aromatic N) is 3. The third kappa shape index (κ3) is 2.38. The van der Waals surface area contributed by atoms with Gasteiger partial charge in [-0.3, -0.25) is 4.79 Å². The number of rotatable bonds is 3. The monoisotopic (exact) mass is 235 g/mol. The largest absolute Gasteiger partial charge is 0.481 e. The summed E-state index contributed by atoms with van der Waals surface area (Å²) in [6, 6.07) is 0.0484. The lowest BCUT2D eigenvalue weighted by Crippen LogP contribution is -2.48. The Hall–Kier alpha value is -1.65. The van der Waals surface area contributed by atoms with Crippen LogP contribution in [-0.2, 0) is 4.79 Å². The molecule has 1 aliphatic heterocycles. The van der Waals surface area contributed by atoms with Crippen LogP contribution in [0.3, 0.4) is 0 Å². The third-order valence-electron chi connectivity index (χ3n) is 3.39. The summed E-state index contributed by atoms with van der Waals surface area (Å²) in [5, 5.41) is 9.25. The highest BCUT2D eigenvalue weighted by atomic mass is 16.4. The Morgan fingerprint density at radius 2 is 2.24 bits per heavy atom. The van der Waals surface area contributed by atoms with Gasteiger partial charge < -0.3 is 10.0 Å². The summed E-state index contributed by atoms with van der Waals surface area (Å²) in [5.74, 6) is -0.979. The van der Waals surface area contributed by atoms with Crippen LogP contribution in [0, 0.1) is 5.92 Å². The van der Waals surface area contributed by atoms with Crippen molar-refractivity contribution in [3.63, 3.8) is 0 Å². The second-order valence-corrected chi connectivity index (χ2v) is 4.35. The highest BCUT2D eigenvalue weighted by Gasteiger charge is 2.35. The first kappa shape index (κ1) is 11.8. The summed E-state index contributed by atoms with van der Waals surface area (Å²) in [5.41, 5.74) is 0.922. The number of anilines is 1. The van der Waals surface area contributed by atoms with Crippen LogP contribution in [0.15, 0.2) is 18.7 Å². The second kappa shape index (κ2) is 5.12. The number of aliphatic carboxylic acids is 1. The van der Waals surface area contributed by atoms with Crippen LogP contribution in [0.1, 0.15) is 26.2 Å². The Balaban J connectivity index is 2.24. The van der Waals surface area contributed by atoms with Crippen LogP contribution >= 0.6 is 0 Å². The number of aromatic nitrogens is 2. The molecule has 0 saturated carbocycles.